The van der Waals surface area contributed by atoms with Gasteiger partial charge in [0.25, 0.3) is 0 Å². The van der Waals surface area contributed by atoms with Crippen molar-refractivity contribution in [3.63, 3.8) is 0 Å². The Morgan fingerprint density at radius 2 is 1.86 bits per heavy atom. The molecule has 0 aliphatic heterocycles. The molecule has 0 aromatic carbocycles. The average molecular weight is 403 g/mol. The van der Waals surface area contributed by atoms with Crippen LogP contribution in [0.15, 0.2) is 46.6 Å². The minimum Gasteiger partial charge on any atom is -0.481 e. The number of carbonyl (C=O) groups excluding carboxylic acids is 2. The predicted octanol–water partition coefficient (Wildman–Crippen LogP) is 5.33. The molecule has 0 aromatic rings. The summed E-state index contributed by atoms with van der Waals surface area (Å²) in [6.45, 7) is 11.8. The maximum Gasteiger partial charge on any atom is 0.311 e. The lowest BCUT2D eigenvalue weighted by Gasteiger charge is -2.34. The van der Waals surface area contributed by atoms with Crippen LogP contribution in [0.1, 0.15) is 73.6 Å². The standard InChI is InChI=1S/C24H34O5/c1-16(14-20(26)15-23(27)28)9-12-22(29-19(4)25)18(3)10-11-21-17(2)8-7-13-24(21,5)6/h9-10,12,14,22H,7-8,11,13,15H2,1-6H3,(H,27,28)/b12-9-,16-14-,18-10+. The third-order valence-electron chi connectivity index (χ3n) is 5.30. The monoisotopic (exact) mass is 402 g/mol. The SMILES string of the molecule is CC(=O)OC(/C=C\C(C)=C/C(=O)CC(=O)O)/C(C)=C/CC1=C(C)CCCC1(C)C. The molecule has 1 rings (SSSR count). The fourth-order valence-corrected chi connectivity index (χ4v) is 3.71. The van der Waals surface area contributed by atoms with E-state index in [0.29, 0.717) is 5.57 Å². The molecule has 5 nitrogen and oxygen atoms in total. The van der Waals surface area contributed by atoms with E-state index in [4.69, 9.17) is 9.84 Å². The van der Waals surface area contributed by atoms with Crippen LogP contribution in [-0.4, -0.2) is 28.9 Å². The van der Waals surface area contributed by atoms with E-state index in [1.165, 1.54) is 37.0 Å². The van der Waals surface area contributed by atoms with E-state index in [1.54, 1.807) is 19.1 Å². The van der Waals surface area contributed by atoms with Crippen molar-refractivity contribution in [1.29, 1.82) is 0 Å². The summed E-state index contributed by atoms with van der Waals surface area (Å²) in [5.41, 5.74) is 4.59. The second kappa shape index (κ2) is 10.9. The van der Waals surface area contributed by atoms with Crippen LogP contribution in [-0.2, 0) is 19.1 Å². The maximum absolute atomic E-state index is 11.6. The molecule has 0 spiro atoms. The summed E-state index contributed by atoms with van der Waals surface area (Å²) in [6, 6.07) is 0. The van der Waals surface area contributed by atoms with Gasteiger partial charge in [0.2, 0.25) is 0 Å². The van der Waals surface area contributed by atoms with Gasteiger partial charge < -0.3 is 9.84 Å². The lowest BCUT2D eigenvalue weighted by molar-refractivity contribution is -0.143. The Bertz CT molecular complexity index is 762. The predicted molar refractivity (Wildman–Crippen MR) is 114 cm³/mol. The van der Waals surface area contributed by atoms with Crippen molar-refractivity contribution >= 4 is 17.7 Å². The molecule has 0 heterocycles. The zero-order chi connectivity index (χ0) is 22.2. The minimum atomic E-state index is -1.16. The van der Waals surface area contributed by atoms with E-state index in [1.807, 2.05) is 6.92 Å². The Kier molecular flexibility index (Phi) is 9.28. The topological polar surface area (TPSA) is 80.7 Å². The number of hydrogen-bond donors (Lipinski definition) is 1. The van der Waals surface area contributed by atoms with E-state index in [0.717, 1.165) is 18.4 Å². The summed E-state index contributed by atoms with van der Waals surface area (Å²) in [7, 11) is 0. The van der Waals surface area contributed by atoms with E-state index < -0.39 is 24.3 Å². The van der Waals surface area contributed by atoms with E-state index in [9.17, 15) is 14.4 Å². The zero-order valence-corrected chi connectivity index (χ0v) is 18.5. The smallest absolute Gasteiger partial charge is 0.311 e. The molecule has 0 aromatic heterocycles. The Balaban J connectivity index is 2.98. The van der Waals surface area contributed by atoms with Crippen molar-refractivity contribution < 1.29 is 24.2 Å². The Morgan fingerprint density at radius 3 is 2.41 bits per heavy atom. The molecule has 1 atom stereocenters. The van der Waals surface area contributed by atoms with Crippen molar-refractivity contribution in [2.45, 2.75) is 79.8 Å². The number of ether oxygens (including phenoxy) is 1. The number of rotatable bonds is 9. The highest BCUT2D eigenvalue weighted by atomic mass is 16.5. The molecule has 29 heavy (non-hydrogen) atoms. The summed E-state index contributed by atoms with van der Waals surface area (Å²) in [4.78, 5) is 33.7. The number of aliphatic carboxylic acids is 1. The molecule has 1 aliphatic rings. The molecule has 0 amide bonds. The van der Waals surface area contributed by atoms with Crippen LogP contribution in [0.5, 0.6) is 0 Å². The summed E-state index contributed by atoms with van der Waals surface area (Å²) in [5, 5.41) is 8.67. The normalized spacial score (nSPS) is 18.7. The first kappa shape index (κ1) is 24.6. The third kappa shape index (κ3) is 8.63. The molecule has 0 saturated heterocycles. The number of ketones is 1. The molecule has 160 valence electrons. The Morgan fingerprint density at radius 1 is 1.21 bits per heavy atom. The highest BCUT2D eigenvalue weighted by Gasteiger charge is 2.27. The quantitative estimate of drug-likeness (QED) is 0.185. The number of hydrogen-bond acceptors (Lipinski definition) is 4. The van der Waals surface area contributed by atoms with Crippen molar-refractivity contribution in [3.8, 4) is 0 Å². The fourth-order valence-electron chi connectivity index (χ4n) is 3.71. The van der Waals surface area contributed by atoms with Gasteiger partial charge in [0.1, 0.15) is 12.5 Å². The van der Waals surface area contributed by atoms with Gasteiger partial charge in [0, 0.05) is 6.92 Å². The van der Waals surface area contributed by atoms with E-state index in [-0.39, 0.29) is 11.4 Å². The number of carbonyl (C=O) groups is 3. The summed E-state index contributed by atoms with van der Waals surface area (Å²) >= 11 is 0. The molecular weight excluding hydrogens is 368 g/mol. The van der Waals surface area contributed by atoms with Gasteiger partial charge in [-0.3, -0.25) is 14.4 Å². The maximum atomic E-state index is 11.6. The van der Waals surface area contributed by atoms with Crippen LogP contribution in [0.3, 0.4) is 0 Å². The molecule has 0 fully saturated rings. The van der Waals surface area contributed by atoms with Crippen molar-refractivity contribution in [2.24, 2.45) is 5.41 Å². The van der Waals surface area contributed by atoms with Crippen LogP contribution >= 0.6 is 0 Å². The van der Waals surface area contributed by atoms with Crippen LogP contribution in [0, 0.1) is 5.41 Å². The van der Waals surface area contributed by atoms with Gasteiger partial charge in [-0.15, -0.1) is 0 Å². The lowest BCUT2D eigenvalue weighted by atomic mass is 9.71. The van der Waals surface area contributed by atoms with Gasteiger partial charge in [-0.25, -0.2) is 0 Å². The van der Waals surface area contributed by atoms with Gasteiger partial charge in [0.15, 0.2) is 5.78 Å². The van der Waals surface area contributed by atoms with Gasteiger partial charge in [0.05, 0.1) is 0 Å². The highest BCUT2D eigenvalue weighted by Crippen LogP contribution is 2.42. The summed E-state index contributed by atoms with van der Waals surface area (Å²) < 4.78 is 5.43. The van der Waals surface area contributed by atoms with Gasteiger partial charge in [-0.05, 0) is 75.2 Å². The van der Waals surface area contributed by atoms with Crippen LogP contribution in [0.25, 0.3) is 0 Å². The molecule has 0 radical (unpaired) electrons. The molecule has 5 heteroatoms. The van der Waals surface area contributed by atoms with Crippen LogP contribution in [0.4, 0.5) is 0 Å². The molecule has 1 N–H and O–H groups in total. The summed E-state index contributed by atoms with van der Waals surface area (Å²) in [5.74, 6) is -2.02. The minimum absolute atomic E-state index is 0.176. The first-order valence-electron chi connectivity index (χ1n) is 10.1. The summed E-state index contributed by atoms with van der Waals surface area (Å²) in [6.07, 6.45) is 10.1. The van der Waals surface area contributed by atoms with E-state index in [2.05, 4.69) is 26.8 Å². The fraction of sp³-hybridized carbons (Fsp3) is 0.542. The third-order valence-corrected chi connectivity index (χ3v) is 5.30. The first-order valence-corrected chi connectivity index (χ1v) is 10.1. The van der Waals surface area contributed by atoms with Gasteiger partial charge in [-0.2, -0.15) is 0 Å². The molecule has 1 unspecified atom stereocenters. The number of carboxylic acids is 1. The average Bonchev–Trinajstić information content (AvgIpc) is 2.56. The lowest BCUT2D eigenvalue weighted by Crippen LogP contribution is -2.20. The molecular formula is C24H34O5. The molecule has 0 saturated carbocycles. The number of allylic oxidation sites excluding steroid dienone is 6. The van der Waals surface area contributed by atoms with Gasteiger partial charge in [-0.1, -0.05) is 37.1 Å². The molecule has 1 aliphatic carbocycles. The molecule has 0 bridgehead atoms. The first-order chi connectivity index (χ1) is 13.4. The van der Waals surface area contributed by atoms with Gasteiger partial charge >= 0.3 is 11.9 Å². The zero-order valence-electron chi connectivity index (χ0n) is 18.5. The Labute approximate surface area is 174 Å². The number of carboxylic acid groups (broad SMARTS) is 1. The van der Waals surface area contributed by atoms with E-state index >= 15 is 0 Å². The largest absolute Gasteiger partial charge is 0.481 e. The van der Waals surface area contributed by atoms with Crippen LogP contribution < -0.4 is 0 Å². The Hall–Kier alpha value is -2.43. The second-order valence-electron chi connectivity index (χ2n) is 8.46. The van der Waals surface area contributed by atoms with Crippen LogP contribution in [0.2, 0.25) is 0 Å². The van der Waals surface area contributed by atoms with Crippen molar-refractivity contribution in [3.05, 3.63) is 46.6 Å². The second-order valence-corrected chi connectivity index (χ2v) is 8.46. The van der Waals surface area contributed by atoms with Crippen molar-refractivity contribution in [2.75, 3.05) is 0 Å². The number of esters is 1. The van der Waals surface area contributed by atoms with Crippen molar-refractivity contribution in [1.82, 2.24) is 0 Å². The highest BCUT2D eigenvalue weighted by molar-refractivity contribution is 6.01.